The van der Waals surface area contributed by atoms with Gasteiger partial charge in [-0.3, -0.25) is 4.79 Å². The number of hydrogen-bond donors (Lipinski definition) is 1. The third kappa shape index (κ3) is 5.46. The molecule has 7 nitrogen and oxygen atoms in total. The number of anilines is 1. The fourth-order valence-electron chi connectivity index (χ4n) is 2.62. The largest absolute Gasteiger partial charge is 0.494 e. The number of para-hydroxylation sites is 1. The highest BCUT2D eigenvalue weighted by atomic mass is 32.2. The molecule has 0 saturated heterocycles. The van der Waals surface area contributed by atoms with Gasteiger partial charge < -0.3 is 10.1 Å². The van der Waals surface area contributed by atoms with Gasteiger partial charge >= 0.3 is 10.2 Å². The molecule has 2 aromatic rings. The molecule has 1 amide bonds. The number of carbonyl (C=O) groups excluding carboxylic acids is 1. The van der Waals surface area contributed by atoms with Crippen LogP contribution in [0.15, 0.2) is 54.6 Å². The van der Waals surface area contributed by atoms with Crippen molar-refractivity contribution in [1.82, 2.24) is 9.62 Å². The van der Waals surface area contributed by atoms with Crippen molar-refractivity contribution in [2.45, 2.75) is 19.9 Å². The van der Waals surface area contributed by atoms with Crippen molar-refractivity contribution in [3.63, 3.8) is 0 Å². The van der Waals surface area contributed by atoms with Crippen LogP contribution in [0.25, 0.3) is 0 Å². The van der Waals surface area contributed by atoms with E-state index < -0.39 is 16.1 Å². The second-order valence-electron chi connectivity index (χ2n) is 6.42. The summed E-state index contributed by atoms with van der Waals surface area (Å²) in [5, 5.41) is 2.85. The minimum Gasteiger partial charge on any atom is -0.494 e. The molecular weight excluding hydrogens is 378 g/mol. The standard InChI is InChI=1S/C20H27N3O4S/c1-5-27-19-13-11-17(12-14-19)16(2)21-20(24)15-23(28(25,26)22(3)4)18-9-7-6-8-10-18/h6-14,16H,5,15H2,1-4H3,(H,21,24). The van der Waals surface area contributed by atoms with E-state index in [1.165, 1.54) is 14.1 Å². The van der Waals surface area contributed by atoms with Crippen molar-refractivity contribution in [2.24, 2.45) is 0 Å². The van der Waals surface area contributed by atoms with Crippen molar-refractivity contribution in [3.05, 3.63) is 60.2 Å². The predicted octanol–water partition coefficient (Wildman–Crippen LogP) is 2.58. The summed E-state index contributed by atoms with van der Waals surface area (Å²) in [7, 11) is -0.938. The van der Waals surface area contributed by atoms with Crippen LogP contribution in [0.1, 0.15) is 25.5 Å². The van der Waals surface area contributed by atoms with Crippen molar-refractivity contribution in [2.75, 3.05) is 31.6 Å². The minimum atomic E-state index is -3.81. The molecule has 1 N–H and O–H groups in total. The molecule has 0 bridgehead atoms. The molecule has 2 rings (SSSR count). The molecule has 0 aliphatic carbocycles. The highest BCUT2D eigenvalue weighted by Gasteiger charge is 2.27. The van der Waals surface area contributed by atoms with E-state index in [1.54, 1.807) is 30.3 Å². The van der Waals surface area contributed by atoms with Gasteiger partial charge in [0.2, 0.25) is 5.91 Å². The molecule has 8 heteroatoms. The van der Waals surface area contributed by atoms with E-state index in [4.69, 9.17) is 4.74 Å². The highest BCUT2D eigenvalue weighted by molar-refractivity contribution is 7.90. The molecule has 2 aromatic carbocycles. The lowest BCUT2D eigenvalue weighted by atomic mass is 10.1. The smallest absolute Gasteiger partial charge is 0.304 e. The third-order valence-electron chi connectivity index (χ3n) is 4.14. The number of hydrogen-bond acceptors (Lipinski definition) is 4. The Morgan fingerprint density at radius 2 is 1.68 bits per heavy atom. The van der Waals surface area contributed by atoms with Crippen molar-refractivity contribution in [1.29, 1.82) is 0 Å². The molecule has 0 heterocycles. The number of amides is 1. The second kappa shape index (κ2) is 9.57. The fraction of sp³-hybridized carbons (Fsp3) is 0.350. The van der Waals surface area contributed by atoms with Crippen LogP contribution in [0.3, 0.4) is 0 Å². The zero-order chi connectivity index (χ0) is 20.7. The molecule has 1 atom stereocenters. The summed E-state index contributed by atoms with van der Waals surface area (Å²) in [6.45, 7) is 4.03. The summed E-state index contributed by atoms with van der Waals surface area (Å²) in [6.07, 6.45) is 0. The van der Waals surface area contributed by atoms with E-state index in [2.05, 4.69) is 5.32 Å². The van der Waals surface area contributed by atoms with E-state index in [9.17, 15) is 13.2 Å². The van der Waals surface area contributed by atoms with Crippen LogP contribution in [0.2, 0.25) is 0 Å². The van der Waals surface area contributed by atoms with Crippen LogP contribution in [-0.2, 0) is 15.0 Å². The van der Waals surface area contributed by atoms with Gasteiger partial charge in [0, 0.05) is 14.1 Å². The SMILES string of the molecule is CCOc1ccc(C(C)NC(=O)CN(c2ccccc2)S(=O)(=O)N(C)C)cc1. The Hall–Kier alpha value is -2.58. The lowest BCUT2D eigenvalue weighted by molar-refractivity contribution is -0.120. The lowest BCUT2D eigenvalue weighted by Crippen LogP contribution is -2.46. The van der Waals surface area contributed by atoms with Crippen LogP contribution < -0.4 is 14.4 Å². The first kappa shape index (κ1) is 21.7. The topological polar surface area (TPSA) is 79.0 Å². The zero-order valence-electron chi connectivity index (χ0n) is 16.6. The number of benzene rings is 2. The van der Waals surface area contributed by atoms with Crippen molar-refractivity contribution >= 4 is 21.8 Å². The van der Waals surface area contributed by atoms with Gasteiger partial charge in [-0.2, -0.15) is 12.7 Å². The lowest BCUT2D eigenvalue weighted by Gasteiger charge is -2.27. The first-order chi connectivity index (χ1) is 13.3. The summed E-state index contributed by atoms with van der Waals surface area (Å²) in [6, 6.07) is 15.7. The van der Waals surface area contributed by atoms with Gasteiger partial charge in [-0.1, -0.05) is 30.3 Å². The Bertz CT molecular complexity index is 868. The average Bonchev–Trinajstić information content (AvgIpc) is 2.67. The van der Waals surface area contributed by atoms with Crippen molar-refractivity contribution < 1.29 is 17.9 Å². The van der Waals surface area contributed by atoms with Gasteiger partial charge in [0.25, 0.3) is 0 Å². The van der Waals surface area contributed by atoms with Crippen LogP contribution >= 0.6 is 0 Å². The van der Waals surface area contributed by atoms with Gasteiger partial charge in [-0.25, -0.2) is 4.31 Å². The number of rotatable bonds is 9. The van der Waals surface area contributed by atoms with E-state index in [1.807, 2.05) is 38.1 Å². The van der Waals surface area contributed by atoms with Gasteiger partial charge in [-0.05, 0) is 43.7 Å². The molecule has 1 unspecified atom stereocenters. The predicted molar refractivity (Wildman–Crippen MR) is 111 cm³/mol. The second-order valence-corrected chi connectivity index (χ2v) is 8.49. The summed E-state index contributed by atoms with van der Waals surface area (Å²) in [4.78, 5) is 12.6. The molecule has 0 saturated carbocycles. The monoisotopic (exact) mass is 405 g/mol. The Labute approximate surface area is 167 Å². The molecule has 0 aliphatic rings. The number of nitrogens with zero attached hydrogens (tertiary/aromatic N) is 2. The molecule has 0 fully saturated rings. The van der Waals surface area contributed by atoms with Crippen LogP contribution in [0, 0.1) is 0 Å². The fourth-order valence-corrected chi connectivity index (χ4v) is 3.68. The molecule has 0 radical (unpaired) electrons. The Morgan fingerprint density at radius 1 is 1.07 bits per heavy atom. The summed E-state index contributed by atoms with van der Waals surface area (Å²) in [5.74, 6) is 0.368. The van der Waals surface area contributed by atoms with Gasteiger partial charge in [0.05, 0.1) is 18.3 Å². The van der Waals surface area contributed by atoms with Gasteiger partial charge in [0.1, 0.15) is 12.3 Å². The van der Waals surface area contributed by atoms with Crippen LogP contribution in [-0.4, -0.2) is 45.9 Å². The molecule has 0 spiro atoms. The number of nitrogens with one attached hydrogen (secondary N) is 1. The highest BCUT2D eigenvalue weighted by Crippen LogP contribution is 2.20. The average molecular weight is 406 g/mol. The maximum atomic E-state index is 12.7. The number of carbonyl (C=O) groups is 1. The molecular formula is C20H27N3O4S. The Kier molecular flexibility index (Phi) is 7.42. The van der Waals surface area contributed by atoms with E-state index >= 15 is 0 Å². The maximum Gasteiger partial charge on any atom is 0.304 e. The first-order valence-corrected chi connectivity index (χ1v) is 10.4. The molecule has 0 aliphatic heterocycles. The van der Waals surface area contributed by atoms with Crippen LogP contribution in [0.5, 0.6) is 5.75 Å². The van der Waals surface area contributed by atoms with E-state index in [-0.39, 0.29) is 12.6 Å². The normalized spacial score (nSPS) is 12.5. The Morgan fingerprint density at radius 3 is 2.21 bits per heavy atom. The first-order valence-electron chi connectivity index (χ1n) is 9.03. The quantitative estimate of drug-likeness (QED) is 0.695. The zero-order valence-corrected chi connectivity index (χ0v) is 17.4. The third-order valence-corrected chi connectivity index (χ3v) is 5.96. The molecule has 152 valence electrons. The van der Waals surface area contributed by atoms with Gasteiger partial charge in [0.15, 0.2) is 0 Å². The van der Waals surface area contributed by atoms with Crippen molar-refractivity contribution in [3.8, 4) is 5.75 Å². The summed E-state index contributed by atoms with van der Waals surface area (Å²) >= 11 is 0. The maximum absolute atomic E-state index is 12.7. The van der Waals surface area contributed by atoms with Gasteiger partial charge in [-0.15, -0.1) is 0 Å². The van der Waals surface area contributed by atoms with E-state index in [0.717, 1.165) is 19.9 Å². The van der Waals surface area contributed by atoms with E-state index in [0.29, 0.717) is 12.3 Å². The number of ether oxygens (including phenoxy) is 1. The summed E-state index contributed by atoms with van der Waals surface area (Å²) < 4.78 is 33.0. The Balaban J connectivity index is 2.13. The summed E-state index contributed by atoms with van der Waals surface area (Å²) in [5.41, 5.74) is 1.33. The molecule has 28 heavy (non-hydrogen) atoms. The van der Waals surface area contributed by atoms with Crippen LogP contribution in [0.4, 0.5) is 5.69 Å². The minimum absolute atomic E-state index is 0.275. The molecule has 0 aromatic heterocycles.